The molecule has 0 atom stereocenters. The molecule has 0 fully saturated rings. The van der Waals surface area contributed by atoms with Crippen molar-refractivity contribution in [3.8, 4) is 40.0 Å². The molecule has 2 aromatic heterocycles. The van der Waals surface area contributed by atoms with Gasteiger partial charge in [0, 0.05) is 28.9 Å². The van der Waals surface area contributed by atoms with E-state index in [2.05, 4.69) is 22.1 Å². The predicted octanol–water partition coefficient (Wildman–Crippen LogP) is 3.66. The molecule has 4 rings (SSSR count). The third-order valence-corrected chi connectivity index (χ3v) is 5.15. The number of ether oxygens (including phenoxy) is 1. The van der Waals surface area contributed by atoms with Crippen molar-refractivity contribution < 1.29 is 14.7 Å². The normalized spacial score (nSPS) is 10.4. The molecule has 33 heavy (non-hydrogen) atoms. The lowest BCUT2D eigenvalue weighted by atomic mass is 9.99. The smallest absolute Gasteiger partial charge is 0.279 e. The maximum Gasteiger partial charge on any atom is 0.279 e. The molecule has 0 spiro atoms. The summed E-state index contributed by atoms with van der Waals surface area (Å²) >= 11 is 0. The molecule has 2 aromatic carbocycles. The Hall–Kier alpha value is -4.25. The number of rotatable bonds is 5. The van der Waals surface area contributed by atoms with Gasteiger partial charge in [-0.25, -0.2) is 10.5 Å². The number of nitrogens with one attached hydrogen (secondary N) is 2. The van der Waals surface area contributed by atoms with E-state index in [1.807, 2.05) is 55.6 Å². The average Bonchev–Trinajstić information content (AvgIpc) is 2.87. The Kier molecular flexibility index (Phi) is 6.60. The van der Waals surface area contributed by atoms with Crippen molar-refractivity contribution in [1.82, 2.24) is 20.8 Å². The van der Waals surface area contributed by atoms with E-state index in [9.17, 15) is 10.0 Å². The maximum absolute atomic E-state index is 12.4. The van der Waals surface area contributed by atoms with E-state index >= 15 is 0 Å². The van der Waals surface area contributed by atoms with Crippen molar-refractivity contribution in [2.45, 2.75) is 0 Å². The first-order valence-corrected chi connectivity index (χ1v) is 10.3. The number of hydrogen-bond acceptors (Lipinski definition) is 6. The molecule has 3 N–H and O–H groups in total. The van der Waals surface area contributed by atoms with Crippen molar-refractivity contribution >= 4 is 16.8 Å². The lowest BCUT2D eigenvalue weighted by Gasteiger charge is -2.15. The van der Waals surface area contributed by atoms with E-state index in [-0.39, 0.29) is 11.3 Å². The summed E-state index contributed by atoms with van der Waals surface area (Å²) in [5, 5.41) is 12.7. The summed E-state index contributed by atoms with van der Waals surface area (Å²) in [6, 6.07) is 17.6. The highest BCUT2D eigenvalue weighted by atomic mass is 16.5. The molecule has 0 unspecified atom stereocenters. The Labute approximate surface area is 191 Å². The van der Waals surface area contributed by atoms with Crippen LogP contribution in [0, 0.1) is 11.8 Å². The molecule has 164 valence electrons. The SMILES string of the molecule is CNCC#Cc1ccc(-c2ccc(-c3nc4ccncc4c(C(=O)NO)c3OC)cc2)cc1. The van der Waals surface area contributed by atoms with Gasteiger partial charge in [0.05, 0.1) is 24.7 Å². The highest BCUT2D eigenvalue weighted by Gasteiger charge is 2.22. The Balaban J connectivity index is 1.73. The van der Waals surface area contributed by atoms with Crippen molar-refractivity contribution in [2.75, 3.05) is 20.7 Å². The Morgan fingerprint density at radius 2 is 1.70 bits per heavy atom. The van der Waals surface area contributed by atoms with Crippen LogP contribution in [-0.4, -0.2) is 41.8 Å². The van der Waals surface area contributed by atoms with Crippen LogP contribution in [0.5, 0.6) is 5.75 Å². The first-order chi connectivity index (χ1) is 16.2. The standard InChI is InChI=1S/C26H22N4O3/c1-27-14-3-4-17-5-7-18(8-6-17)19-9-11-20(12-10-19)24-25(33-2)23(26(31)30-32)21-16-28-15-13-22(21)29-24/h5-13,15-16,27,32H,14H2,1-2H3,(H,30,31). The molecule has 7 nitrogen and oxygen atoms in total. The van der Waals surface area contributed by atoms with Gasteiger partial charge in [-0.3, -0.25) is 15.0 Å². The van der Waals surface area contributed by atoms with Crippen LogP contribution in [0.4, 0.5) is 0 Å². The first-order valence-electron chi connectivity index (χ1n) is 10.3. The third-order valence-electron chi connectivity index (χ3n) is 5.15. The van der Waals surface area contributed by atoms with Gasteiger partial charge in [0.25, 0.3) is 5.91 Å². The summed E-state index contributed by atoms with van der Waals surface area (Å²) in [7, 11) is 3.33. The molecule has 0 aliphatic rings. The topological polar surface area (TPSA) is 96.4 Å². The van der Waals surface area contributed by atoms with E-state index in [4.69, 9.17) is 9.72 Å². The van der Waals surface area contributed by atoms with E-state index < -0.39 is 5.91 Å². The van der Waals surface area contributed by atoms with E-state index in [1.54, 1.807) is 17.7 Å². The summed E-state index contributed by atoms with van der Waals surface area (Å²) in [5.41, 5.74) is 6.75. The van der Waals surface area contributed by atoms with Gasteiger partial charge in [0.1, 0.15) is 5.69 Å². The Bertz CT molecular complexity index is 1350. The molecule has 0 aliphatic carbocycles. The Morgan fingerprint density at radius 3 is 2.33 bits per heavy atom. The van der Waals surface area contributed by atoms with Crippen molar-refractivity contribution in [3.05, 3.63) is 78.1 Å². The fourth-order valence-electron chi connectivity index (χ4n) is 3.57. The maximum atomic E-state index is 12.4. The van der Waals surface area contributed by atoms with Gasteiger partial charge in [0.15, 0.2) is 5.75 Å². The molecule has 7 heteroatoms. The number of hydroxylamine groups is 1. The Morgan fingerprint density at radius 1 is 1.03 bits per heavy atom. The summed E-state index contributed by atoms with van der Waals surface area (Å²) in [4.78, 5) is 21.2. The van der Waals surface area contributed by atoms with Crippen molar-refractivity contribution in [3.63, 3.8) is 0 Å². The summed E-state index contributed by atoms with van der Waals surface area (Å²) in [5.74, 6) is 5.73. The predicted molar refractivity (Wildman–Crippen MR) is 127 cm³/mol. The molecule has 0 aliphatic heterocycles. The lowest BCUT2D eigenvalue weighted by Crippen LogP contribution is -2.20. The molecule has 2 heterocycles. The highest BCUT2D eigenvalue weighted by molar-refractivity contribution is 6.09. The number of fused-ring (bicyclic) bond motifs is 1. The second kappa shape index (κ2) is 9.92. The van der Waals surface area contributed by atoms with E-state index in [1.165, 1.54) is 13.3 Å². The second-order valence-corrected chi connectivity index (χ2v) is 7.19. The van der Waals surface area contributed by atoms with Crippen LogP contribution in [-0.2, 0) is 0 Å². The van der Waals surface area contributed by atoms with Gasteiger partial charge in [-0.15, -0.1) is 0 Å². The number of pyridine rings is 2. The minimum absolute atomic E-state index is 0.173. The minimum atomic E-state index is -0.692. The van der Waals surface area contributed by atoms with Crippen LogP contribution >= 0.6 is 0 Å². The monoisotopic (exact) mass is 438 g/mol. The van der Waals surface area contributed by atoms with Crippen LogP contribution in [0.15, 0.2) is 67.0 Å². The summed E-state index contributed by atoms with van der Waals surface area (Å²) in [6.45, 7) is 0.647. The van der Waals surface area contributed by atoms with Gasteiger partial charge in [-0.05, 0) is 36.4 Å². The number of amides is 1. The molecule has 0 saturated carbocycles. The van der Waals surface area contributed by atoms with E-state index in [0.29, 0.717) is 23.1 Å². The average molecular weight is 438 g/mol. The van der Waals surface area contributed by atoms with Gasteiger partial charge < -0.3 is 10.1 Å². The van der Waals surface area contributed by atoms with Gasteiger partial charge in [-0.1, -0.05) is 48.2 Å². The fraction of sp³-hybridized carbons (Fsp3) is 0.115. The quantitative estimate of drug-likeness (QED) is 0.250. The third kappa shape index (κ3) is 4.53. The number of carbonyl (C=O) groups excluding carboxylic acids is 1. The minimum Gasteiger partial charge on any atom is -0.494 e. The molecular formula is C26H22N4O3. The van der Waals surface area contributed by atoms with Crippen LogP contribution in [0.2, 0.25) is 0 Å². The zero-order valence-corrected chi connectivity index (χ0v) is 18.2. The van der Waals surface area contributed by atoms with Gasteiger partial charge in [0.2, 0.25) is 0 Å². The molecule has 0 radical (unpaired) electrons. The molecule has 0 bridgehead atoms. The number of carbonyl (C=O) groups is 1. The van der Waals surface area contributed by atoms with Crippen molar-refractivity contribution in [1.29, 1.82) is 0 Å². The van der Waals surface area contributed by atoms with Crippen LogP contribution < -0.4 is 15.5 Å². The molecule has 0 saturated heterocycles. The fourth-order valence-corrected chi connectivity index (χ4v) is 3.57. The number of benzene rings is 2. The summed E-state index contributed by atoms with van der Waals surface area (Å²) < 4.78 is 5.55. The van der Waals surface area contributed by atoms with E-state index in [0.717, 1.165) is 22.3 Å². The summed E-state index contributed by atoms with van der Waals surface area (Å²) in [6.07, 6.45) is 3.12. The largest absolute Gasteiger partial charge is 0.494 e. The van der Waals surface area contributed by atoms with Crippen LogP contribution in [0.1, 0.15) is 15.9 Å². The zero-order valence-electron chi connectivity index (χ0n) is 18.2. The zero-order chi connectivity index (χ0) is 23.2. The molecule has 1 amide bonds. The first kappa shape index (κ1) is 22.0. The van der Waals surface area contributed by atoms with Crippen LogP contribution in [0.3, 0.4) is 0 Å². The van der Waals surface area contributed by atoms with Gasteiger partial charge >= 0.3 is 0 Å². The van der Waals surface area contributed by atoms with Crippen molar-refractivity contribution in [2.24, 2.45) is 0 Å². The number of aromatic nitrogens is 2. The number of hydrogen-bond donors (Lipinski definition) is 3. The molecular weight excluding hydrogens is 416 g/mol. The number of nitrogens with zero attached hydrogens (tertiary/aromatic N) is 2. The lowest BCUT2D eigenvalue weighted by molar-refractivity contribution is 0.0705. The van der Waals surface area contributed by atoms with Gasteiger partial charge in [-0.2, -0.15) is 0 Å². The van der Waals surface area contributed by atoms with Crippen LogP contribution in [0.25, 0.3) is 33.3 Å². The molecule has 4 aromatic rings. The number of methoxy groups -OCH3 is 1. The highest BCUT2D eigenvalue weighted by Crippen LogP contribution is 2.36. The second-order valence-electron chi connectivity index (χ2n) is 7.19.